The molecular formula is C12H18BrNO3. The molecule has 4 nitrogen and oxygen atoms in total. The Morgan fingerprint density at radius 2 is 2.29 bits per heavy atom. The zero-order chi connectivity index (χ0) is 13.1. The van der Waals surface area contributed by atoms with Crippen LogP contribution in [0.1, 0.15) is 45.4 Å². The van der Waals surface area contributed by atoms with Crippen molar-refractivity contribution in [1.82, 2.24) is 5.32 Å². The second-order valence-electron chi connectivity index (χ2n) is 4.40. The largest absolute Gasteiger partial charge is 0.480 e. The lowest BCUT2D eigenvalue weighted by atomic mass is 9.95. The van der Waals surface area contributed by atoms with E-state index in [0.717, 1.165) is 12.2 Å². The Kier molecular flexibility index (Phi) is 4.77. The third-order valence-corrected chi connectivity index (χ3v) is 3.20. The predicted octanol–water partition coefficient (Wildman–Crippen LogP) is 3.34. The van der Waals surface area contributed by atoms with Gasteiger partial charge in [0.25, 0.3) is 0 Å². The van der Waals surface area contributed by atoms with E-state index in [9.17, 15) is 9.90 Å². The standard InChI is InChI=1S/C12H18BrNO3/c1-4-7-12(3,11(15)16)14-8(2)9-5-6-10(13)17-9/h5-6,8,14H,4,7H2,1-3H3,(H,15,16). The Balaban J connectivity index is 2.77. The molecule has 2 atom stereocenters. The first-order chi connectivity index (χ1) is 7.89. The highest BCUT2D eigenvalue weighted by Crippen LogP contribution is 2.24. The summed E-state index contributed by atoms with van der Waals surface area (Å²) in [6.07, 6.45) is 1.39. The SMILES string of the molecule is CCCC(C)(NC(C)c1ccc(Br)o1)C(=O)O. The molecule has 96 valence electrons. The highest BCUT2D eigenvalue weighted by molar-refractivity contribution is 9.10. The molecule has 2 N–H and O–H groups in total. The minimum atomic E-state index is -0.923. The summed E-state index contributed by atoms with van der Waals surface area (Å²) in [6.45, 7) is 5.56. The maximum Gasteiger partial charge on any atom is 0.323 e. The molecule has 0 bridgehead atoms. The van der Waals surface area contributed by atoms with Crippen LogP contribution in [0.25, 0.3) is 0 Å². The summed E-state index contributed by atoms with van der Waals surface area (Å²) in [4.78, 5) is 11.3. The Morgan fingerprint density at radius 3 is 2.71 bits per heavy atom. The van der Waals surface area contributed by atoms with Crippen LogP contribution in [0, 0.1) is 0 Å². The molecule has 1 heterocycles. The van der Waals surface area contributed by atoms with E-state index in [1.165, 1.54) is 0 Å². The molecule has 0 amide bonds. The number of carboxylic acids is 1. The fraction of sp³-hybridized carbons (Fsp3) is 0.583. The lowest BCUT2D eigenvalue weighted by molar-refractivity contribution is -0.144. The molecule has 0 aliphatic heterocycles. The summed E-state index contributed by atoms with van der Waals surface area (Å²) in [7, 11) is 0. The first-order valence-electron chi connectivity index (χ1n) is 5.65. The van der Waals surface area contributed by atoms with E-state index >= 15 is 0 Å². The number of hydrogen-bond acceptors (Lipinski definition) is 3. The van der Waals surface area contributed by atoms with Crippen molar-refractivity contribution in [2.75, 3.05) is 0 Å². The van der Waals surface area contributed by atoms with Gasteiger partial charge in [-0.15, -0.1) is 0 Å². The van der Waals surface area contributed by atoms with E-state index in [0.29, 0.717) is 11.1 Å². The zero-order valence-corrected chi connectivity index (χ0v) is 11.9. The van der Waals surface area contributed by atoms with E-state index in [1.54, 1.807) is 13.0 Å². The first kappa shape index (κ1) is 14.3. The van der Waals surface area contributed by atoms with Gasteiger partial charge in [0.1, 0.15) is 11.3 Å². The molecule has 0 saturated heterocycles. The van der Waals surface area contributed by atoms with Gasteiger partial charge in [-0.05, 0) is 48.3 Å². The molecule has 17 heavy (non-hydrogen) atoms. The van der Waals surface area contributed by atoms with Crippen LogP contribution in [-0.2, 0) is 4.79 Å². The van der Waals surface area contributed by atoms with Gasteiger partial charge < -0.3 is 9.52 Å². The van der Waals surface area contributed by atoms with E-state index < -0.39 is 11.5 Å². The smallest absolute Gasteiger partial charge is 0.323 e. The van der Waals surface area contributed by atoms with Gasteiger partial charge in [0.05, 0.1) is 6.04 Å². The van der Waals surface area contributed by atoms with Crippen molar-refractivity contribution in [2.24, 2.45) is 0 Å². The number of carboxylic acid groups (broad SMARTS) is 1. The molecule has 1 aromatic heterocycles. The number of rotatable bonds is 6. The number of halogens is 1. The molecule has 0 aromatic carbocycles. The fourth-order valence-corrected chi connectivity index (χ4v) is 2.17. The van der Waals surface area contributed by atoms with Crippen molar-refractivity contribution < 1.29 is 14.3 Å². The molecule has 5 heteroatoms. The maximum absolute atomic E-state index is 11.3. The summed E-state index contributed by atoms with van der Waals surface area (Å²) >= 11 is 3.23. The Morgan fingerprint density at radius 1 is 1.65 bits per heavy atom. The van der Waals surface area contributed by atoms with E-state index in [1.807, 2.05) is 19.9 Å². The highest BCUT2D eigenvalue weighted by Gasteiger charge is 2.34. The van der Waals surface area contributed by atoms with E-state index in [-0.39, 0.29) is 6.04 Å². The fourth-order valence-electron chi connectivity index (χ4n) is 1.85. The third kappa shape index (κ3) is 3.57. The molecule has 0 aliphatic rings. The molecule has 0 aliphatic carbocycles. The number of furan rings is 1. The van der Waals surface area contributed by atoms with Crippen LogP contribution in [0.4, 0.5) is 0 Å². The second-order valence-corrected chi connectivity index (χ2v) is 5.18. The quantitative estimate of drug-likeness (QED) is 0.846. The van der Waals surface area contributed by atoms with Gasteiger partial charge in [-0.2, -0.15) is 0 Å². The molecule has 2 unspecified atom stereocenters. The van der Waals surface area contributed by atoms with Crippen molar-refractivity contribution >= 4 is 21.9 Å². The number of nitrogens with one attached hydrogen (secondary N) is 1. The lowest BCUT2D eigenvalue weighted by Gasteiger charge is -2.28. The maximum atomic E-state index is 11.3. The zero-order valence-electron chi connectivity index (χ0n) is 10.3. The molecule has 1 aromatic rings. The average Bonchev–Trinajstić information content (AvgIpc) is 2.65. The van der Waals surface area contributed by atoms with Crippen LogP contribution < -0.4 is 5.32 Å². The average molecular weight is 304 g/mol. The summed E-state index contributed by atoms with van der Waals surface area (Å²) in [6, 6.07) is 3.48. The van der Waals surface area contributed by atoms with Crippen molar-refractivity contribution in [2.45, 2.75) is 45.2 Å². The van der Waals surface area contributed by atoms with Crippen molar-refractivity contribution in [3.8, 4) is 0 Å². The molecule has 0 radical (unpaired) electrons. The van der Waals surface area contributed by atoms with Crippen LogP contribution in [0.2, 0.25) is 0 Å². The van der Waals surface area contributed by atoms with Gasteiger partial charge in [0.2, 0.25) is 0 Å². The number of carbonyl (C=O) groups is 1. The van der Waals surface area contributed by atoms with Gasteiger partial charge >= 0.3 is 5.97 Å². The lowest BCUT2D eigenvalue weighted by Crippen LogP contribution is -2.50. The number of aliphatic carboxylic acids is 1. The van der Waals surface area contributed by atoms with Crippen LogP contribution in [0.3, 0.4) is 0 Å². The normalized spacial score (nSPS) is 16.5. The van der Waals surface area contributed by atoms with Gasteiger partial charge in [-0.1, -0.05) is 13.3 Å². The van der Waals surface area contributed by atoms with Crippen LogP contribution in [-0.4, -0.2) is 16.6 Å². The summed E-state index contributed by atoms with van der Waals surface area (Å²) in [5, 5.41) is 12.4. The molecule has 0 spiro atoms. The minimum absolute atomic E-state index is 0.144. The van der Waals surface area contributed by atoms with Crippen molar-refractivity contribution in [1.29, 1.82) is 0 Å². The minimum Gasteiger partial charge on any atom is -0.480 e. The van der Waals surface area contributed by atoms with Crippen LogP contribution in [0.5, 0.6) is 0 Å². The van der Waals surface area contributed by atoms with Gasteiger partial charge in [-0.3, -0.25) is 10.1 Å². The van der Waals surface area contributed by atoms with Crippen LogP contribution >= 0.6 is 15.9 Å². The van der Waals surface area contributed by atoms with Crippen LogP contribution in [0.15, 0.2) is 21.2 Å². The van der Waals surface area contributed by atoms with Gasteiger partial charge in [-0.25, -0.2) is 0 Å². The molecule has 0 fully saturated rings. The van der Waals surface area contributed by atoms with Crippen molar-refractivity contribution in [3.63, 3.8) is 0 Å². The first-order valence-corrected chi connectivity index (χ1v) is 6.44. The topological polar surface area (TPSA) is 62.5 Å². The van der Waals surface area contributed by atoms with E-state index in [4.69, 9.17) is 4.42 Å². The van der Waals surface area contributed by atoms with E-state index in [2.05, 4.69) is 21.2 Å². The monoisotopic (exact) mass is 303 g/mol. The summed E-state index contributed by atoms with van der Waals surface area (Å²) < 4.78 is 6.06. The Hall–Kier alpha value is -0.810. The highest BCUT2D eigenvalue weighted by atomic mass is 79.9. The van der Waals surface area contributed by atoms with Crippen molar-refractivity contribution in [3.05, 3.63) is 22.6 Å². The Bertz CT molecular complexity index is 391. The Labute approximate surface area is 110 Å². The summed E-state index contributed by atoms with van der Waals surface area (Å²) in [5.41, 5.74) is -0.923. The molecule has 0 saturated carbocycles. The molecular weight excluding hydrogens is 286 g/mol. The van der Waals surface area contributed by atoms with Gasteiger partial charge in [0, 0.05) is 0 Å². The predicted molar refractivity (Wildman–Crippen MR) is 68.9 cm³/mol. The molecule has 1 rings (SSSR count). The third-order valence-electron chi connectivity index (χ3n) is 2.78. The summed E-state index contributed by atoms with van der Waals surface area (Å²) in [5.74, 6) is -0.114. The number of hydrogen-bond donors (Lipinski definition) is 2. The second kappa shape index (κ2) is 5.69. The van der Waals surface area contributed by atoms with Gasteiger partial charge in [0.15, 0.2) is 4.67 Å².